The number of aromatic nitrogens is 3. The average molecular weight is 369 g/mol. The minimum atomic E-state index is 0.274. The molecule has 1 unspecified atom stereocenters. The Morgan fingerprint density at radius 1 is 1.19 bits per heavy atom. The summed E-state index contributed by atoms with van der Waals surface area (Å²) in [6, 6.07) is 2.46. The highest BCUT2D eigenvalue weighted by Crippen LogP contribution is 2.52. The molecule has 0 bridgehead atoms. The Kier molecular flexibility index (Phi) is 4.36. The van der Waals surface area contributed by atoms with Crippen molar-refractivity contribution in [2.45, 2.75) is 38.4 Å². The lowest BCUT2D eigenvalue weighted by Gasteiger charge is -2.39. The van der Waals surface area contributed by atoms with Gasteiger partial charge in [0.05, 0.1) is 17.6 Å². The van der Waals surface area contributed by atoms with Gasteiger partial charge in [0.15, 0.2) is 0 Å². The van der Waals surface area contributed by atoms with Gasteiger partial charge in [-0.15, -0.1) is 0 Å². The zero-order valence-corrected chi connectivity index (χ0v) is 16.7. The van der Waals surface area contributed by atoms with Crippen molar-refractivity contribution in [1.29, 1.82) is 0 Å². The first-order valence-corrected chi connectivity index (χ1v) is 9.58. The summed E-state index contributed by atoms with van der Waals surface area (Å²) in [5.74, 6) is 1.97. The molecule has 0 aromatic carbocycles. The molecule has 2 aromatic rings. The summed E-state index contributed by atoms with van der Waals surface area (Å²) in [6.07, 6.45) is 3.77. The molecule has 0 fully saturated rings. The molecule has 0 spiro atoms. The van der Waals surface area contributed by atoms with Crippen molar-refractivity contribution in [3.8, 4) is 0 Å². The molecule has 2 aliphatic heterocycles. The van der Waals surface area contributed by atoms with Gasteiger partial charge in [0.2, 0.25) is 0 Å². The molecule has 0 amide bonds. The summed E-state index contributed by atoms with van der Waals surface area (Å²) in [7, 11) is 4.31. The van der Waals surface area contributed by atoms with Crippen LogP contribution in [-0.2, 0) is 6.54 Å². The Bertz CT molecular complexity index is 876. The molecule has 136 valence electrons. The van der Waals surface area contributed by atoms with Crippen LogP contribution in [0.4, 0.5) is 0 Å². The number of nitrogens with zero attached hydrogens (tertiary/aromatic N) is 5. The van der Waals surface area contributed by atoms with Crippen molar-refractivity contribution in [3.05, 3.63) is 57.4 Å². The normalized spacial score (nSPS) is 19.6. The van der Waals surface area contributed by atoms with Crippen LogP contribution in [0.5, 0.6) is 0 Å². The fourth-order valence-electron chi connectivity index (χ4n) is 3.71. The van der Waals surface area contributed by atoms with Gasteiger partial charge in [-0.05, 0) is 39.4 Å². The van der Waals surface area contributed by atoms with Crippen molar-refractivity contribution < 1.29 is 0 Å². The zero-order valence-electron chi connectivity index (χ0n) is 15.9. The number of pyridine rings is 1. The van der Waals surface area contributed by atoms with Crippen molar-refractivity contribution in [2.24, 2.45) is 0 Å². The van der Waals surface area contributed by atoms with Crippen molar-refractivity contribution >= 4 is 11.8 Å². The Hall–Kier alpha value is -2.12. The molecule has 26 heavy (non-hydrogen) atoms. The van der Waals surface area contributed by atoms with Gasteiger partial charge in [-0.2, -0.15) is 0 Å². The van der Waals surface area contributed by atoms with E-state index >= 15 is 0 Å². The predicted octanol–water partition coefficient (Wildman–Crippen LogP) is 2.74. The van der Waals surface area contributed by atoms with E-state index in [0.29, 0.717) is 6.54 Å². The smallest absolute Gasteiger partial charge is 0.125 e. The largest absolute Gasteiger partial charge is 0.367 e. The van der Waals surface area contributed by atoms with E-state index < -0.39 is 0 Å². The number of hydrogen-bond donors (Lipinski definition) is 1. The maximum Gasteiger partial charge on any atom is 0.125 e. The average Bonchev–Trinajstić information content (AvgIpc) is 2.96. The fraction of sp³-hybridized carbons (Fsp3) is 0.421. The predicted molar refractivity (Wildman–Crippen MR) is 103 cm³/mol. The lowest BCUT2D eigenvalue weighted by atomic mass is 10.0. The van der Waals surface area contributed by atoms with Crippen LogP contribution < -0.4 is 5.32 Å². The lowest BCUT2D eigenvalue weighted by molar-refractivity contribution is 0.149. The van der Waals surface area contributed by atoms with Crippen molar-refractivity contribution in [3.63, 3.8) is 0 Å². The molecular weight excluding hydrogens is 344 g/mol. The summed E-state index contributed by atoms with van der Waals surface area (Å²) >= 11 is 1.79. The molecule has 0 radical (unpaired) electrons. The minimum Gasteiger partial charge on any atom is -0.367 e. The Balaban J connectivity index is 1.68. The molecule has 4 rings (SSSR count). The molecular formula is C19H24N6S. The first kappa shape index (κ1) is 17.3. The molecule has 1 atom stereocenters. The van der Waals surface area contributed by atoms with Crippen LogP contribution in [0.2, 0.25) is 0 Å². The molecule has 0 saturated heterocycles. The van der Waals surface area contributed by atoms with Gasteiger partial charge >= 0.3 is 0 Å². The molecule has 2 aromatic heterocycles. The van der Waals surface area contributed by atoms with E-state index in [9.17, 15) is 0 Å². The van der Waals surface area contributed by atoms with Crippen LogP contribution in [0.25, 0.3) is 0 Å². The molecule has 7 heteroatoms. The van der Waals surface area contributed by atoms with E-state index in [1.54, 1.807) is 11.8 Å². The standard InChI is InChI=1S/C19H24N6S/c1-11-6-12(2)23-19-15(11)16-17(26-19)18(25(5)10-24(16)4)22-9-14-7-20-13(3)21-8-14/h6-8,16,22H,9-10H2,1-5H3. The van der Waals surface area contributed by atoms with E-state index in [-0.39, 0.29) is 6.04 Å². The van der Waals surface area contributed by atoms with Gasteiger partial charge < -0.3 is 10.2 Å². The molecule has 0 aliphatic carbocycles. The van der Waals surface area contributed by atoms with E-state index in [4.69, 9.17) is 4.98 Å². The highest BCUT2D eigenvalue weighted by molar-refractivity contribution is 8.03. The maximum atomic E-state index is 4.80. The summed E-state index contributed by atoms with van der Waals surface area (Å²) in [5.41, 5.74) is 4.83. The first-order chi connectivity index (χ1) is 12.4. The first-order valence-electron chi connectivity index (χ1n) is 8.77. The van der Waals surface area contributed by atoms with Gasteiger partial charge in [-0.3, -0.25) is 4.90 Å². The Labute approximate surface area is 158 Å². The fourth-order valence-corrected chi connectivity index (χ4v) is 5.22. The highest BCUT2D eigenvalue weighted by Gasteiger charge is 2.40. The van der Waals surface area contributed by atoms with Gasteiger partial charge in [0.1, 0.15) is 16.7 Å². The lowest BCUT2D eigenvalue weighted by Crippen LogP contribution is -2.44. The maximum absolute atomic E-state index is 4.80. The molecule has 4 heterocycles. The summed E-state index contributed by atoms with van der Waals surface area (Å²) in [5, 5.41) is 4.76. The van der Waals surface area contributed by atoms with Crippen molar-refractivity contribution in [2.75, 3.05) is 20.8 Å². The summed E-state index contributed by atoms with van der Waals surface area (Å²) in [4.78, 5) is 19.4. The van der Waals surface area contributed by atoms with Crippen LogP contribution in [0.1, 0.15) is 34.3 Å². The van der Waals surface area contributed by atoms with Crippen LogP contribution in [0.3, 0.4) is 0 Å². The topological polar surface area (TPSA) is 57.2 Å². The quantitative estimate of drug-likeness (QED) is 0.894. The van der Waals surface area contributed by atoms with Crippen LogP contribution in [0.15, 0.2) is 34.2 Å². The monoisotopic (exact) mass is 368 g/mol. The molecule has 1 N–H and O–H groups in total. The third-order valence-electron chi connectivity index (χ3n) is 4.87. The van der Waals surface area contributed by atoms with E-state index in [1.165, 1.54) is 21.9 Å². The number of nitrogens with one attached hydrogen (secondary N) is 1. The minimum absolute atomic E-state index is 0.274. The summed E-state index contributed by atoms with van der Waals surface area (Å²) in [6.45, 7) is 7.74. The van der Waals surface area contributed by atoms with Crippen LogP contribution in [-0.4, -0.2) is 45.5 Å². The Morgan fingerprint density at radius 2 is 1.92 bits per heavy atom. The van der Waals surface area contributed by atoms with E-state index in [0.717, 1.165) is 28.8 Å². The SMILES string of the molecule is Cc1cc(C)c2c(n1)SC1=C(NCc3cnc(C)nc3)N(C)CN(C)C12. The third kappa shape index (κ3) is 2.95. The number of rotatable bonds is 3. The molecule has 2 aliphatic rings. The molecule has 6 nitrogen and oxygen atoms in total. The van der Waals surface area contributed by atoms with Crippen LogP contribution in [0, 0.1) is 20.8 Å². The van der Waals surface area contributed by atoms with Crippen LogP contribution >= 0.6 is 11.8 Å². The van der Waals surface area contributed by atoms with Gasteiger partial charge in [-0.25, -0.2) is 15.0 Å². The molecule has 0 saturated carbocycles. The number of hydrogen-bond acceptors (Lipinski definition) is 7. The second kappa shape index (κ2) is 6.55. The Morgan fingerprint density at radius 3 is 2.65 bits per heavy atom. The van der Waals surface area contributed by atoms with E-state index in [1.807, 2.05) is 19.3 Å². The van der Waals surface area contributed by atoms with Gasteiger partial charge in [0.25, 0.3) is 0 Å². The summed E-state index contributed by atoms with van der Waals surface area (Å²) < 4.78 is 0. The number of likely N-dealkylation sites (N-methyl/N-ethyl adjacent to an activating group) is 1. The number of thioether (sulfide) groups is 1. The van der Waals surface area contributed by atoms with E-state index in [2.05, 4.69) is 59.1 Å². The van der Waals surface area contributed by atoms with Gasteiger partial charge in [-0.1, -0.05) is 11.8 Å². The highest BCUT2D eigenvalue weighted by atomic mass is 32.2. The second-order valence-corrected chi connectivity index (χ2v) is 8.14. The zero-order chi connectivity index (χ0) is 18.4. The van der Waals surface area contributed by atoms with Crippen molar-refractivity contribution in [1.82, 2.24) is 30.1 Å². The third-order valence-corrected chi connectivity index (χ3v) is 6.01. The second-order valence-electron chi connectivity index (χ2n) is 7.11. The number of fused-ring (bicyclic) bond motifs is 3. The number of aryl methyl sites for hydroxylation is 3. The van der Waals surface area contributed by atoms with Gasteiger partial charge in [0, 0.05) is 42.8 Å².